The Labute approximate surface area is 194 Å². The first kappa shape index (κ1) is 21.5. The topological polar surface area (TPSA) is 73.0 Å². The van der Waals surface area contributed by atoms with Gasteiger partial charge in [-0.1, -0.05) is 24.3 Å². The molecular formula is C26H30N4O3. The lowest BCUT2D eigenvalue weighted by Crippen LogP contribution is -2.62. The van der Waals surface area contributed by atoms with E-state index in [1.165, 1.54) is 6.42 Å². The van der Waals surface area contributed by atoms with E-state index in [4.69, 9.17) is 0 Å². The maximum Gasteiger partial charge on any atom is 0.257 e. The van der Waals surface area contributed by atoms with Crippen LogP contribution < -0.4 is 15.1 Å². The molecule has 5 rings (SSSR count). The van der Waals surface area contributed by atoms with Crippen molar-refractivity contribution < 1.29 is 14.4 Å². The number of benzene rings is 2. The van der Waals surface area contributed by atoms with Gasteiger partial charge in [0.2, 0.25) is 11.8 Å². The molecule has 2 aromatic carbocycles. The molecule has 0 unspecified atom stereocenters. The number of carbonyl (C=O) groups is 3. The van der Waals surface area contributed by atoms with Crippen molar-refractivity contribution in [3.63, 3.8) is 0 Å². The fraction of sp³-hybridized carbons (Fsp3) is 0.423. The van der Waals surface area contributed by atoms with Crippen molar-refractivity contribution >= 4 is 34.8 Å². The second kappa shape index (κ2) is 8.54. The summed E-state index contributed by atoms with van der Waals surface area (Å²) in [6, 6.07) is 15.1. The van der Waals surface area contributed by atoms with Gasteiger partial charge in [-0.15, -0.1) is 0 Å². The molecule has 0 radical (unpaired) electrons. The summed E-state index contributed by atoms with van der Waals surface area (Å²) < 4.78 is 0. The van der Waals surface area contributed by atoms with Crippen LogP contribution >= 0.6 is 0 Å². The van der Waals surface area contributed by atoms with E-state index in [-0.39, 0.29) is 30.7 Å². The van der Waals surface area contributed by atoms with Crippen LogP contribution in [0.2, 0.25) is 0 Å². The number of hydrogen-bond donors (Lipinski definition) is 1. The molecule has 1 atom stereocenters. The van der Waals surface area contributed by atoms with Gasteiger partial charge >= 0.3 is 0 Å². The van der Waals surface area contributed by atoms with E-state index in [0.29, 0.717) is 24.1 Å². The second-order valence-corrected chi connectivity index (χ2v) is 9.28. The highest BCUT2D eigenvalue weighted by Gasteiger charge is 2.52. The van der Waals surface area contributed by atoms with Gasteiger partial charge in [-0.05, 0) is 56.9 Å². The standard InChI is InChI=1S/C26H30N4O3/c1-26-15-13-24(32)30(26)21-11-5-3-9-19(21)25(33)29(26)18-14-23(31)27-20-10-4-6-12-22(20)28-16-7-2-8-17-28/h3-6,9-12H,2,7-8,13-18H2,1H3,(H,27,31)/t26-/m1/s1. The summed E-state index contributed by atoms with van der Waals surface area (Å²) in [5.74, 6) is -0.242. The highest BCUT2D eigenvalue weighted by atomic mass is 16.2. The van der Waals surface area contributed by atoms with Gasteiger partial charge < -0.3 is 15.1 Å². The van der Waals surface area contributed by atoms with Crippen LogP contribution in [0.15, 0.2) is 48.5 Å². The maximum atomic E-state index is 13.4. The molecule has 2 saturated heterocycles. The Morgan fingerprint density at radius 2 is 1.67 bits per heavy atom. The molecule has 3 amide bonds. The van der Waals surface area contributed by atoms with E-state index in [0.717, 1.165) is 37.3 Å². The lowest BCUT2D eigenvalue weighted by Gasteiger charge is -2.48. The van der Waals surface area contributed by atoms with Gasteiger partial charge in [0.1, 0.15) is 5.66 Å². The van der Waals surface area contributed by atoms with Crippen LogP contribution in [-0.2, 0) is 9.59 Å². The molecule has 3 aliphatic heterocycles. The quantitative estimate of drug-likeness (QED) is 0.753. The van der Waals surface area contributed by atoms with Crippen LogP contribution in [0.5, 0.6) is 0 Å². The number of nitrogens with zero attached hydrogens (tertiary/aromatic N) is 3. The third kappa shape index (κ3) is 3.75. The van der Waals surface area contributed by atoms with Gasteiger partial charge in [0, 0.05) is 32.5 Å². The minimum absolute atomic E-state index is 0.0161. The summed E-state index contributed by atoms with van der Waals surface area (Å²) in [5, 5.41) is 3.06. The average Bonchev–Trinajstić information content (AvgIpc) is 3.15. The number of anilines is 3. The number of hydrogen-bond acceptors (Lipinski definition) is 4. The van der Waals surface area contributed by atoms with Crippen molar-refractivity contribution in [2.45, 2.75) is 51.1 Å². The number of para-hydroxylation sites is 3. The van der Waals surface area contributed by atoms with Gasteiger partial charge in [0.25, 0.3) is 5.91 Å². The molecule has 0 aliphatic carbocycles. The Balaban J connectivity index is 1.32. The van der Waals surface area contributed by atoms with Gasteiger partial charge in [0.05, 0.1) is 22.6 Å². The average molecular weight is 447 g/mol. The van der Waals surface area contributed by atoms with Crippen molar-refractivity contribution in [2.24, 2.45) is 0 Å². The predicted molar refractivity (Wildman–Crippen MR) is 128 cm³/mol. The molecule has 33 heavy (non-hydrogen) atoms. The monoisotopic (exact) mass is 446 g/mol. The van der Waals surface area contributed by atoms with E-state index in [1.54, 1.807) is 15.9 Å². The summed E-state index contributed by atoms with van der Waals surface area (Å²) >= 11 is 0. The SMILES string of the molecule is C[C@]12CCC(=O)N1c1ccccc1C(=O)N2CCC(=O)Nc1ccccc1N1CCCCC1. The Morgan fingerprint density at radius 3 is 2.45 bits per heavy atom. The second-order valence-electron chi connectivity index (χ2n) is 9.28. The lowest BCUT2D eigenvalue weighted by atomic mass is 9.98. The van der Waals surface area contributed by atoms with Crippen molar-refractivity contribution in [3.8, 4) is 0 Å². The third-order valence-corrected chi connectivity index (χ3v) is 7.18. The molecule has 7 nitrogen and oxygen atoms in total. The van der Waals surface area contributed by atoms with Crippen LogP contribution in [0.3, 0.4) is 0 Å². The van der Waals surface area contributed by atoms with Crippen molar-refractivity contribution in [3.05, 3.63) is 54.1 Å². The number of carbonyl (C=O) groups excluding carboxylic acids is 3. The zero-order valence-electron chi connectivity index (χ0n) is 19.0. The molecule has 0 aromatic heterocycles. The molecule has 0 saturated carbocycles. The number of fused-ring (bicyclic) bond motifs is 3. The summed E-state index contributed by atoms with van der Waals surface area (Å²) in [7, 11) is 0. The first-order valence-electron chi connectivity index (χ1n) is 11.9. The predicted octanol–water partition coefficient (Wildman–Crippen LogP) is 4.00. The highest BCUT2D eigenvalue weighted by Crippen LogP contribution is 2.44. The van der Waals surface area contributed by atoms with E-state index in [9.17, 15) is 14.4 Å². The van der Waals surface area contributed by atoms with Gasteiger partial charge in [-0.3, -0.25) is 19.3 Å². The number of piperidine rings is 1. The van der Waals surface area contributed by atoms with E-state index < -0.39 is 5.66 Å². The lowest BCUT2D eigenvalue weighted by molar-refractivity contribution is -0.117. The first-order valence-corrected chi connectivity index (χ1v) is 11.9. The van der Waals surface area contributed by atoms with Crippen LogP contribution in [0, 0.1) is 0 Å². The minimum atomic E-state index is -0.742. The Morgan fingerprint density at radius 1 is 0.970 bits per heavy atom. The van der Waals surface area contributed by atoms with E-state index >= 15 is 0 Å². The van der Waals surface area contributed by atoms with Crippen LogP contribution in [0.1, 0.15) is 55.8 Å². The number of nitrogens with one attached hydrogen (secondary N) is 1. The van der Waals surface area contributed by atoms with E-state index in [1.807, 2.05) is 43.3 Å². The Hall–Kier alpha value is -3.35. The molecule has 172 valence electrons. The Bertz CT molecular complexity index is 1090. The largest absolute Gasteiger partial charge is 0.370 e. The zero-order chi connectivity index (χ0) is 23.0. The summed E-state index contributed by atoms with van der Waals surface area (Å²) in [6.45, 7) is 4.17. The molecule has 2 aromatic rings. The maximum absolute atomic E-state index is 13.4. The van der Waals surface area contributed by atoms with E-state index in [2.05, 4.69) is 16.3 Å². The summed E-state index contributed by atoms with van der Waals surface area (Å²) in [4.78, 5) is 44.8. The molecule has 0 bridgehead atoms. The van der Waals surface area contributed by atoms with Gasteiger partial charge in [-0.25, -0.2) is 0 Å². The fourth-order valence-electron chi connectivity index (χ4n) is 5.46. The highest BCUT2D eigenvalue weighted by molar-refractivity contribution is 6.10. The van der Waals surface area contributed by atoms with Crippen molar-refractivity contribution in [1.82, 2.24) is 4.90 Å². The normalized spacial score (nSPS) is 22.3. The zero-order valence-corrected chi connectivity index (χ0v) is 19.0. The Kier molecular flexibility index (Phi) is 5.56. The smallest absolute Gasteiger partial charge is 0.257 e. The van der Waals surface area contributed by atoms with Crippen LogP contribution in [0.4, 0.5) is 17.1 Å². The molecule has 0 spiro atoms. The van der Waals surface area contributed by atoms with Gasteiger partial charge in [-0.2, -0.15) is 0 Å². The summed E-state index contributed by atoms with van der Waals surface area (Å²) in [5.41, 5.74) is 2.30. The summed E-state index contributed by atoms with van der Waals surface area (Å²) in [6.07, 6.45) is 4.69. The van der Waals surface area contributed by atoms with Crippen LogP contribution in [0.25, 0.3) is 0 Å². The molecule has 3 heterocycles. The fourth-order valence-corrected chi connectivity index (χ4v) is 5.46. The molecule has 1 N–H and O–H groups in total. The molecule has 3 aliphatic rings. The molecule has 2 fully saturated rings. The number of rotatable bonds is 5. The minimum Gasteiger partial charge on any atom is -0.370 e. The third-order valence-electron chi connectivity index (χ3n) is 7.18. The van der Waals surface area contributed by atoms with Crippen LogP contribution in [-0.4, -0.2) is 47.9 Å². The van der Waals surface area contributed by atoms with Crippen molar-refractivity contribution in [1.29, 1.82) is 0 Å². The first-order chi connectivity index (χ1) is 16.0. The van der Waals surface area contributed by atoms with Gasteiger partial charge in [0.15, 0.2) is 0 Å². The number of amides is 3. The van der Waals surface area contributed by atoms with Crippen molar-refractivity contribution in [2.75, 3.05) is 34.8 Å². The molecule has 7 heteroatoms. The molecular weight excluding hydrogens is 416 g/mol.